The SMILES string of the molecule is CCOCN(C(=O)C(F)c1ccc2[nH]ccc2c1)c1bcno1. The molecule has 0 aliphatic carbocycles. The van der Waals surface area contributed by atoms with Gasteiger partial charge >= 0.3 is 132 Å². The summed E-state index contributed by atoms with van der Waals surface area (Å²) in [5.41, 5.74) is 1.16. The number of halogens is 1. The zero-order valence-corrected chi connectivity index (χ0v) is 12.5. The molecule has 23 heavy (non-hydrogen) atoms. The summed E-state index contributed by atoms with van der Waals surface area (Å²) in [6.45, 7) is 3.57. The van der Waals surface area contributed by atoms with Crippen molar-refractivity contribution in [3.8, 4) is 0 Å². The summed E-state index contributed by atoms with van der Waals surface area (Å²) in [5, 5.41) is 4.39. The van der Waals surface area contributed by atoms with Crippen molar-refractivity contribution >= 4 is 29.5 Å². The number of hydrogen-bond donors (Lipinski definition) is 1. The number of benzene rings is 1. The topological polar surface area (TPSA) is 71.4 Å². The Balaban J connectivity index is 1.85. The molecule has 0 saturated heterocycles. The summed E-state index contributed by atoms with van der Waals surface area (Å²) in [6, 6.07) is 6.80. The van der Waals surface area contributed by atoms with Gasteiger partial charge in [0, 0.05) is 0 Å². The fourth-order valence-electron chi connectivity index (χ4n) is 2.28. The van der Waals surface area contributed by atoms with Crippen molar-refractivity contribution in [2.24, 2.45) is 0 Å². The van der Waals surface area contributed by atoms with Crippen LogP contribution in [-0.2, 0) is 9.53 Å². The van der Waals surface area contributed by atoms with Crippen LogP contribution < -0.4 is 4.90 Å². The Morgan fingerprint density at radius 3 is 3.13 bits per heavy atom. The van der Waals surface area contributed by atoms with E-state index in [1.807, 2.05) is 6.07 Å². The van der Waals surface area contributed by atoms with Gasteiger partial charge < -0.3 is 0 Å². The molecule has 118 valence electrons. The Bertz CT molecular complexity index is 790. The average Bonchev–Trinajstić information content (AvgIpc) is 3.25. The number of amides is 1. The second-order valence-corrected chi connectivity index (χ2v) is 4.93. The molecule has 1 unspecified atom stereocenters. The van der Waals surface area contributed by atoms with Gasteiger partial charge in [-0.2, -0.15) is 0 Å². The predicted molar refractivity (Wildman–Crippen MR) is 84.0 cm³/mol. The first kappa shape index (κ1) is 15.4. The zero-order valence-electron chi connectivity index (χ0n) is 12.5. The molecule has 3 rings (SSSR count). The molecule has 0 aliphatic heterocycles. The molecule has 8 heteroatoms. The number of aromatic nitrogens is 2. The molecule has 3 aromatic rings. The molecule has 2 aromatic heterocycles. The number of fused-ring (bicyclic) bond motifs is 1. The van der Waals surface area contributed by atoms with Gasteiger partial charge in [0.2, 0.25) is 0 Å². The normalized spacial score (nSPS) is 12.3. The van der Waals surface area contributed by atoms with E-state index in [4.69, 9.17) is 9.26 Å². The molecule has 0 radical (unpaired) electrons. The van der Waals surface area contributed by atoms with Crippen molar-refractivity contribution in [1.82, 2.24) is 10.1 Å². The van der Waals surface area contributed by atoms with E-state index in [-0.39, 0.29) is 18.1 Å². The van der Waals surface area contributed by atoms with E-state index >= 15 is 0 Å². The first-order valence-electron chi connectivity index (χ1n) is 7.21. The molecular weight excluding hydrogens is 300 g/mol. The van der Waals surface area contributed by atoms with Crippen molar-refractivity contribution in [1.29, 1.82) is 0 Å². The van der Waals surface area contributed by atoms with Gasteiger partial charge in [-0.3, -0.25) is 0 Å². The number of alkyl halides is 1. The van der Waals surface area contributed by atoms with E-state index in [1.54, 1.807) is 31.3 Å². The molecule has 0 saturated carbocycles. The fourth-order valence-corrected chi connectivity index (χ4v) is 2.28. The second-order valence-electron chi connectivity index (χ2n) is 4.93. The van der Waals surface area contributed by atoms with Gasteiger partial charge in [-0.15, -0.1) is 0 Å². The average molecular weight is 315 g/mol. The number of H-pyrrole nitrogens is 1. The summed E-state index contributed by atoms with van der Waals surface area (Å²) in [5.74, 6) is -0.612. The Morgan fingerprint density at radius 1 is 1.52 bits per heavy atom. The van der Waals surface area contributed by atoms with Crippen molar-refractivity contribution < 1.29 is 18.4 Å². The second kappa shape index (κ2) is 6.74. The summed E-state index contributed by atoms with van der Waals surface area (Å²) < 4.78 is 24.9. The molecular formula is C15H15BFN3O3. The third-order valence-electron chi connectivity index (χ3n) is 3.47. The van der Waals surface area contributed by atoms with Gasteiger partial charge in [0.05, 0.1) is 0 Å². The first-order chi connectivity index (χ1) is 11.2. The fraction of sp³-hybridized carbons (Fsp3) is 0.267. The van der Waals surface area contributed by atoms with Crippen LogP contribution >= 0.6 is 0 Å². The van der Waals surface area contributed by atoms with Crippen LogP contribution in [0.15, 0.2) is 41.1 Å². The van der Waals surface area contributed by atoms with Crippen LogP contribution in [0.5, 0.6) is 0 Å². The molecule has 1 atom stereocenters. The Labute approximate surface area is 132 Å². The minimum atomic E-state index is -1.82. The van der Waals surface area contributed by atoms with Gasteiger partial charge in [-0.05, 0) is 0 Å². The Kier molecular flexibility index (Phi) is 4.52. The summed E-state index contributed by atoms with van der Waals surface area (Å²) in [6.07, 6.45) is 1.33. The minimum absolute atomic E-state index is 0.0999. The van der Waals surface area contributed by atoms with E-state index in [2.05, 4.69) is 10.1 Å². The number of hydrogen-bond acceptors (Lipinski definition) is 4. The van der Waals surface area contributed by atoms with E-state index in [9.17, 15) is 9.18 Å². The number of carbonyl (C=O) groups excluding carboxylic acids is 1. The molecule has 1 amide bonds. The van der Waals surface area contributed by atoms with Crippen molar-refractivity contribution in [3.63, 3.8) is 0 Å². The number of nitrogens with zero attached hydrogens (tertiary/aromatic N) is 2. The van der Waals surface area contributed by atoms with Crippen molar-refractivity contribution in [2.75, 3.05) is 18.2 Å². The van der Waals surface area contributed by atoms with Crippen molar-refractivity contribution in [3.05, 3.63) is 42.1 Å². The van der Waals surface area contributed by atoms with Gasteiger partial charge in [0.15, 0.2) is 0 Å². The van der Waals surface area contributed by atoms with Gasteiger partial charge in [0.25, 0.3) is 0 Å². The third kappa shape index (κ3) is 3.17. The number of carbonyl (C=O) groups is 1. The van der Waals surface area contributed by atoms with E-state index in [1.165, 1.54) is 13.0 Å². The third-order valence-corrected chi connectivity index (χ3v) is 3.47. The molecule has 0 fully saturated rings. The maximum absolute atomic E-state index is 14.7. The van der Waals surface area contributed by atoms with Crippen LogP contribution in [0, 0.1) is 0 Å². The van der Waals surface area contributed by atoms with E-state index in [0.717, 1.165) is 15.8 Å². The van der Waals surface area contributed by atoms with Crippen LogP contribution in [0.4, 0.5) is 10.2 Å². The van der Waals surface area contributed by atoms with Crippen LogP contribution in [0.3, 0.4) is 0 Å². The van der Waals surface area contributed by atoms with Crippen molar-refractivity contribution in [2.45, 2.75) is 13.1 Å². The first-order valence-corrected chi connectivity index (χ1v) is 7.21. The van der Waals surface area contributed by atoms with Crippen LogP contribution in [0.25, 0.3) is 10.9 Å². The Morgan fingerprint density at radius 2 is 2.39 bits per heavy atom. The van der Waals surface area contributed by atoms with Crippen LogP contribution in [-0.4, -0.2) is 36.3 Å². The standard InChI is InChI=1S/C15H15BFN3O3/c1-2-22-9-20(15-16-8-19-23-15)14(21)13(17)11-3-4-12-10(7-11)5-6-18-12/h3-8,13,18H,2,9H2,1H3. The molecule has 1 aromatic carbocycles. The maximum atomic E-state index is 14.7. The molecule has 1 N–H and O–H groups in total. The molecule has 2 heterocycles. The summed E-state index contributed by atoms with van der Waals surface area (Å²) in [4.78, 5) is 16.6. The number of rotatable bonds is 6. The monoisotopic (exact) mass is 315 g/mol. The Hall–Kier alpha value is -2.48. The van der Waals surface area contributed by atoms with E-state index < -0.39 is 12.1 Å². The number of ether oxygens (including phenoxy) is 1. The molecule has 0 aliphatic rings. The summed E-state index contributed by atoms with van der Waals surface area (Å²) >= 11 is 0. The van der Waals surface area contributed by atoms with Crippen LogP contribution in [0.2, 0.25) is 0 Å². The summed E-state index contributed by atoms with van der Waals surface area (Å²) in [7, 11) is 0. The quantitative estimate of drug-likeness (QED) is 0.710. The predicted octanol–water partition coefficient (Wildman–Crippen LogP) is 2.53. The number of nitrogens with one attached hydrogen (secondary N) is 1. The zero-order chi connectivity index (χ0) is 16.2. The number of aromatic amines is 1. The van der Waals surface area contributed by atoms with Gasteiger partial charge in [-0.1, -0.05) is 0 Å². The van der Waals surface area contributed by atoms with Gasteiger partial charge in [0.1, 0.15) is 0 Å². The molecule has 0 bridgehead atoms. The van der Waals surface area contributed by atoms with Gasteiger partial charge in [-0.25, -0.2) is 0 Å². The molecule has 6 nitrogen and oxygen atoms in total. The van der Waals surface area contributed by atoms with Crippen LogP contribution in [0.1, 0.15) is 18.7 Å². The number of anilines is 1. The van der Waals surface area contributed by atoms with E-state index in [0.29, 0.717) is 6.61 Å². The molecule has 0 spiro atoms.